The summed E-state index contributed by atoms with van der Waals surface area (Å²) in [6.07, 6.45) is 3.20. The zero-order valence-corrected chi connectivity index (χ0v) is 18.9. The molecule has 2 aromatic rings. The molecule has 7 heteroatoms. The normalized spacial score (nSPS) is 17.6. The lowest BCUT2D eigenvalue weighted by Gasteiger charge is -2.37. The fourth-order valence-electron chi connectivity index (χ4n) is 4.66. The van der Waals surface area contributed by atoms with Crippen LogP contribution in [0.25, 0.3) is 0 Å². The molecule has 1 N–H and O–H groups in total. The summed E-state index contributed by atoms with van der Waals surface area (Å²) in [6.45, 7) is 4.38. The minimum absolute atomic E-state index is 0.0312. The lowest BCUT2D eigenvalue weighted by atomic mass is 9.88. The summed E-state index contributed by atoms with van der Waals surface area (Å²) >= 11 is 0. The highest BCUT2D eigenvalue weighted by Crippen LogP contribution is 2.25. The van der Waals surface area contributed by atoms with Gasteiger partial charge < -0.3 is 15.1 Å². The summed E-state index contributed by atoms with van der Waals surface area (Å²) < 4.78 is 13.2. The van der Waals surface area contributed by atoms with E-state index in [2.05, 4.69) is 5.32 Å². The number of carbonyl (C=O) groups excluding carboxylic acids is 3. The van der Waals surface area contributed by atoms with Crippen molar-refractivity contribution in [2.45, 2.75) is 38.6 Å². The standard InChI is InChI=1S/C26H30FN3O3/c1-18-4-6-20(7-5-18)24(31)28-23(26(33)29-14-2-3-15-29)19-12-16-30(17-13-19)25(32)21-8-10-22(27)11-9-21/h4-11,19,23H,2-3,12-17H2,1H3,(H,28,31)/t23-/m1/s1. The molecule has 2 aromatic carbocycles. The van der Waals surface area contributed by atoms with E-state index in [4.69, 9.17) is 0 Å². The van der Waals surface area contributed by atoms with E-state index in [0.29, 0.717) is 37.1 Å². The monoisotopic (exact) mass is 451 g/mol. The van der Waals surface area contributed by atoms with Gasteiger partial charge in [-0.3, -0.25) is 14.4 Å². The Morgan fingerprint density at radius 1 is 0.848 bits per heavy atom. The first kappa shape index (κ1) is 23.0. The number of benzene rings is 2. The number of likely N-dealkylation sites (tertiary alicyclic amines) is 2. The zero-order chi connectivity index (χ0) is 23.4. The van der Waals surface area contributed by atoms with Gasteiger partial charge in [0.15, 0.2) is 0 Å². The van der Waals surface area contributed by atoms with Crippen molar-refractivity contribution < 1.29 is 18.8 Å². The fourth-order valence-corrected chi connectivity index (χ4v) is 4.66. The van der Waals surface area contributed by atoms with Crippen LogP contribution >= 0.6 is 0 Å². The minimum Gasteiger partial charge on any atom is -0.341 e. The summed E-state index contributed by atoms with van der Waals surface area (Å²) in [5.41, 5.74) is 2.05. The van der Waals surface area contributed by atoms with Gasteiger partial charge in [-0.15, -0.1) is 0 Å². The highest BCUT2D eigenvalue weighted by atomic mass is 19.1. The molecule has 2 fully saturated rings. The molecule has 174 valence electrons. The van der Waals surface area contributed by atoms with Crippen LogP contribution in [0.5, 0.6) is 0 Å². The molecule has 0 aromatic heterocycles. The van der Waals surface area contributed by atoms with E-state index in [0.717, 1.165) is 31.5 Å². The molecule has 0 saturated carbocycles. The maximum absolute atomic E-state index is 13.3. The average molecular weight is 452 g/mol. The van der Waals surface area contributed by atoms with Crippen molar-refractivity contribution in [2.24, 2.45) is 5.92 Å². The van der Waals surface area contributed by atoms with Crippen LogP contribution < -0.4 is 5.32 Å². The third-order valence-electron chi connectivity index (χ3n) is 6.67. The van der Waals surface area contributed by atoms with Gasteiger partial charge in [0.25, 0.3) is 11.8 Å². The second-order valence-electron chi connectivity index (χ2n) is 8.99. The minimum atomic E-state index is -0.611. The Labute approximate surface area is 193 Å². The molecule has 4 rings (SSSR count). The Hall–Kier alpha value is -3.22. The van der Waals surface area contributed by atoms with E-state index >= 15 is 0 Å². The van der Waals surface area contributed by atoms with Gasteiger partial charge in [0.1, 0.15) is 11.9 Å². The molecule has 1 atom stereocenters. The number of nitrogens with zero attached hydrogens (tertiary/aromatic N) is 2. The van der Waals surface area contributed by atoms with Gasteiger partial charge in [-0.2, -0.15) is 0 Å². The topological polar surface area (TPSA) is 69.7 Å². The summed E-state index contributed by atoms with van der Waals surface area (Å²) in [5.74, 6) is -0.851. The van der Waals surface area contributed by atoms with Crippen molar-refractivity contribution >= 4 is 17.7 Å². The lowest BCUT2D eigenvalue weighted by Crippen LogP contribution is -2.54. The number of carbonyl (C=O) groups is 3. The maximum atomic E-state index is 13.3. The van der Waals surface area contributed by atoms with Gasteiger partial charge in [-0.1, -0.05) is 17.7 Å². The average Bonchev–Trinajstić information content (AvgIpc) is 3.38. The number of piperidine rings is 1. The van der Waals surface area contributed by atoms with E-state index in [9.17, 15) is 18.8 Å². The van der Waals surface area contributed by atoms with Crippen LogP contribution in [0.15, 0.2) is 48.5 Å². The van der Waals surface area contributed by atoms with E-state index < -0.39 is 6.04 Å². The fraction of sp³-hybridized carbons (Fsp3) is 0.423. The van der Waals surface area contributed by atoms with Gasteiger partial charge in [-0.25, -0.2) is 4.39 Å². The molecular formula is C26H30FN3O3. The van der Waals surface area contributed by atoms with Crippen LogP contribution in [-0.4, -0.2) is 59.7 Å². The molecule has 0 aliphatic carbocycles. The summed E-state index contributed by atoms with van der Waals surface area (Å²) in [4.78, 5) is 42.6. The molecular weight excluding hydrogens is 421 g/mol. The van der Waals surface area contributed by atoms with Crippen LogP contribution in [0, 0.1) is 18.7 Å². The van der Waals surface area contributed by atoms with Crippen LogP contribution in [0.1, 0.15) is 52.0 Å². The number of hydrogen-bond acceptors (Lipinski definition) is 3. The molecule has 0 radical (unpaired) electrons. The molecule has 2 aliphatic rings. The van der Waals surface area contributed by atoms with Gasteiger partial charge >= 0.3 is 0 Å². The predicted octanol–water partition coefficient (Wildman–Crippen LogP) is 3.41. The Morgan fingerprint density at radius 3 is 2.03 bits per heavy atom. The summed E-state index contributed by atoms with van der Waals surface area (Å²) in [5, 5.41) is 3.01. The van der Waals surface area contributed by atoms with Gasteiger partial charge in [0.2, 0.25) is 5.91 Å². The van der Waals surface area contributed by atoms with Crippen molar-refractivity contribution in [3.8, 4) is 0 Å². The second kappa shape index (κ2) is 10.1. The van der Waals surface area contributed by atoms with Crippen molar-refractivity contribution in [2.75, 3.05) is 26.2 Å². The summed E-state index contributed by atoms with van der Waals surface area (Å²) in [6, 6.07) is 12.2. The van der Waals surface area contributed by atoms with Crippen molar-refractivity contribution in [1.82, 2.24) is 15.1 Å². The van der Waals surface area contributed by atoms with Crippen molar-refractivity contribution in [3.05, 3.63) is 71.0 Å². The van der Waals surface area contributed by atoms with Gasteiger partial charge in [0, 0.05) is 37.3 Å². The van der Waals surface area contributed by atoms with Crippen LogP contribution in [-0.2, 0) is 4.79 Å². The van der Waals surface area contributed by atoms with Crippen LogP contribution in [0.4, 0.5) is 4.39 Å². The highest BCUT2D eigenvalue weighted by Gasteiger charge is 2.37. The van der Waals surface area contributed by atoms with Crippen LogP contribution in [0.2, 0.25) is 0 Å². The Morgan fingerprint density at radius 2 is 1.42 bits per heavy atom. The Kier molecular flexibility index (Phi) is 7.06. The number of aryl methyl sites for hydroxylation is 1. The van der Waals surface area contributed by atoms with Gasteiger partial charge in [-0.05, 0) is 74.9 Å². The molecule has 0 spiro atoms. The van der Waals surface area contributed by atoms with E-state index in [-0.39, 0.29) is 29.5 Å². The first-order chi connectivity index (χ1) is 15.9. The van der Waals surface area contributed by atoms with Crippen LogP contribution in [0.3, 0.4) is 0 Å². The first-order valence-electron chi connectivity index (χ1n) is 11.6. The van der Waals surface area contributed by atoms with E-state index in [1.807, 2.05) is 24.0 Å². The summed E-state index contributed by atoms with van der Waals surface area (Å²) in [7, 11) is 0. The number of hydrogen-bond donors (Lipinski definition) is 1. The number of amides is 3. The second-order valence-corrected chi connectivity index (χ2v) is 8.99. The Balaban J connectivity index is 1.45. The van der Waals surface area contributed by atoms with Crippen molar-refractivity contribution in [1.29, 1.82) is 0 Å². The van der Waals surface area contributed by atoms with Crippen molar-refractivity contribution in [3.63, 3.8) is 0 Å². The predicted molar refractivity (Wildman–Crippen MR) is 123 cm³/mol. The van der Waals surface area contributed by atoms with E-state index in [1.54, 1.807) is 17.0 Å². The molecule has 0 unspecified atom stereocenters. The quantitative estimate of drug-likeness (QED) is 0.758. The Bertz CT molecular complexity index is 992. The highest BCUT2D eigenvalue weighted by molar-refractivity contribution is 5.98. The molecule has 0 bridgehead atoms. The SMILES string of the molecule is Cc1ccc(C(=O)N[C@@H](C(=O)N2CCCC2)C2CCN(C(=O)c3ccc(F)cc3)CC2)cc1. The molecule has 2 aliphatic heterocycles. The third-order valence-corrected chi connectivity index (χ3v) is 6.67. The zero-order valence-electron chi connectivity index (χ0n) is 18.9. The molecule has 6 nitrogen and oxygen atoms in total. The maximum Gasteiger partial charge on any atom is 0.253 e. The third kappa shape index (κ3) is 5.41. The number of nitrogens with one attached hydrogen (secondary N) is 1. The van der Waals surface area contributed by atoms with Gasteiger partial charge in [0.05, 0.1) is 0 Å². The largest absolute Gasteiger partial charge is 0.341 e. The smallest absolute Gasteiger partial charge is 0.253 e. The first-order valence-corrected chi connectivity index (χ1v) is 11.6. The number of rotatable bonds is 5. The molecule has 3 amide bonds. The lowest BCUT2D eigenvalue weighted by molar-refractivity contribution is -0.134. The van der Waals surface area contributed by atoms with E-state index in [1.165, 1.54) is 24.3 Å². The molecule has 33 heavy (non-hydrogen) atoms. The molecule has 2 saturated heterocycles. The molecule has 2 heterocycles. The number of halogens is 1.